The molecule has 1 atom stereocenters. The number of hydrogen-bond acceptors (Lipinski definition) is 2. The lowest BCUT2D eigenvalue weighted by Gasteiger charge is -2.13. The SMILES string of the molecule is N#CC(CC(=O)O)c1cc(C(F)(F)F)ccc1Cl. The maximum atomic E-state index is 12.5. The van der Waals surface area contributed by atoms with Gasteiger partial charge in [-0.1, -0.05) is 11.6 Å². The largest absolute Gasteiger partial charge is 0.481 e. The molecule has 18 heavy (non-hydrogen) atoms. The van der Waals surface area contributed by atoms with Gasteiger partial charge < -0.3 is 5.11 Å². The highest BCUT2D eigenvalue weighted by Crippen LogP contribution is 2.35. The van der Waals surface area contributed by atoms with Gasteiger partial charge in [0.25, 0.3) is 0 Å². The summed E-state index contributed by atoms with van der Waals surface area (Å²) in [5.74, 6) is -2.49. The Kier molecular flexibility index (Phi) is 4.19. The molecule has 0 fully saturated rings. The molecule has 1 aromatic carbocycles. The monoisotopic (exact) mass is 277 g/mol. The molecular weight excluding hydrogens is 271 g/mol. The molecule has 0 bridgehead atoms. The first-order chi connectivity index (χ1) is 8.25. The van der Waals surface area contributed by atoms with E-state index in [0.29, 0.717) is 6.07 Å². The summed E-state index contributed by atoms with van der Waals surface area (Å²) < 4.78 is 37.5. The predicted molar refractivity (Wildman–Crippen MR) is 57.1 cm³/mol. The van der Waals surface area contributed by atoms with Gasteiger partial charge in [-0.05, 0) is 23.8 Å². The zero-order valence-corrected chi connectivity index (χ0v) is 9.59. The number of carboxylic acid groups (broad SMARTS) is 1. The van der Waals surface area contributed by atoms with Crippen LogP contribution < -0.4 is 0 Å². The Morgan fingerprint density at radius 3 is 2.56 bits per heavy atom. The van der Waals surface area contributed by atoms with Crippen molar-refractivity contribution < 1.29 is 23.1 Å². The minimum Gasteiger partial charge on any atom is -0.481 e. The molecule has 96 valence electrons. The van der Waals surface area contributed by atoms with Crippen LogP contribution in [-0.2, 0) is 11.0 Å². The summed E-state index contributed by atoms with van der Waals surface area (Å²) >= 11 is 5.69. The van der Waals surface area contributed by atoms with Gasteiger partial charge in [0.2, 0.25) is 0 Å². The van der Waals surface area contributed by atoms with Crippen LogP contribution in [0.5, 0.6) is 0 Å². The third-order valence-corrected chi connectivity index (χ3v) is 2.58. The standard InChI is InChI=1S/C11H7ClF3NO2/c12-9-2-1-7(11(13,14)15)4-8(9)6(5-16)3-10(17)18/h1-2,4,6H,3H2,(H,17,18). The normalized spacial score (nSPS) is 12.8. The lowest BCUT2D eigenvalue weighted by Crippen LogP contribution is -2.09. The summed E-state index contributed by atoms with van der Waals surface area (Å²) in [5, 5.41) is 17.3. The zero-order chi connectivity index (χ0) is 13.9. The molecule has 1 N–H and O–H groups in total. The Morgan fingerprint density at radius 2 is 2.11 bits per heavy atom. The number of rotatable bonds is 3. The Bertz CT molecular complexity index is 508. The number of aliphatic carboxylic acids is 1. The van der Waals surface area contributed by atoms with Gasteiger partial charge in [-0.25, -0.2) is 0 Å². The molecular formula is C11H7ClF3NO2. The van der Waals surface area contributed by atoms with Crippen LogP contribution in [0.3, 0.4) is 0 Å². The number of carboxylic acids is 1. The zero-order valence-electron chi connectivity index (χ0n) is 8.83. The van der Waals surface area contributed by atoms with E-state index in [-0.39, 0.29) is 10.6 Å². The topological polar surface area (TPSA) is 61.1 Å². The fourth-order valence-electron chi connectivity index (χ4n) is 1.39. The van der Waals surface area contributed by atoms with Crippen LogP contribution in [0.15, 0.2) is 18.2 Å². The highest BCUT2D eigenvalue weighted by Gasteiger charge is 2.32. The average Bonchev–Trinajstić information content (AvgIpc) is 2.25. The smallest absolute Gasteiger partial charge is 0.416 e. The Morgan fingerprint density at radius 1 is 1.50 bits per heavy atom. The molecule has 0 radical (unpaired) electrons. The molecule has 0 aliphatic heterocycles. The lowest BCUT2D eigenvalue weighted by atomic mass is 9.95. The van der Waals surface area contributed by atoms with Crippen LogP contribution >= 0.6 is 11.6 Å². The minimum absolute atomic E-state index is 0.0594. The molecule has 7 heteroatoms. The highest BCUT2D eigenvalue weighted by molar-refractivity contribution is 6.31. The molecule has 0 aliphatic rings. The van der Waals surface area contributed by atoms with Gasteiger partial charge in [-0.2, -0.15) is 18.4 Å². The Balaban J connectivity index is 3.22. The van der Waals surface area contributed by atoms with Crippen molar-refractivity contribution in [3.05, 3.63) is 34.3 Å². The molecule has 1 rings (SSSR count). The number of alkyl halides is 3. The second-order valence-corrected chi connectivity index (χ2v) is 3.92. The predicted octanol–water partition coefficient (Wildman–Crippen LogP) is 3.44. The van der Waals surface area contributed by atoms with Crippen molar-refractivity contribution >= 4 is 17.6 Å². The third-order valence-electron chi connectivity index (χ3n) is 2.23. The molecule has 0 spiro atoms. The minimum atomic E-state index is -4.57. The van der Waals surface area contributed by atoms with Gasteiger partial charge in [0.1, 0.15) is 0 Å². The Hall–Kier alpha value is -1.74. The number of halogens is 4. The molecule has 0 saturated heterocycles. The van der Waals surface area contributed by atoms with E-state index in [0.717, 1.165) is 12.1 Å². The quantitative estimate of drug-likeness (QED) is 0.920. The summed E-state index contributed by atoms with van der Waals surface area (Å²) in [6.45, 7) is 0. The lowest BCUT2D eigenvalue weighted by molar-refractivity contribution is -0.137. The van der Waals surface area contributed by atoms with Crippen LogP contribution in [0.4, 0.5) is 13.2 Å². The summed E-state index contributed by atoms with van der Waals surface area (Å²) in [4.78, 5) is 10.5. The van der Waals surface area contributed by atoms with E-state index in [1.54, 1.807) is 6.07 Å². The number of nitriles is 1. The number of benzene rings is 1. The molecule has 0 aliphatic carbocycles. The first-order valence-corrected chi connectivity index (χ1v) is 5.11. The number of carbonyl (C=O) groups is 1. The molecule has 3 nitrogen and oxygen atoms in total. The van der Waals surface area contributed by atoms with Gasteiger partial charge in [0, 0.05) is 5.02 Å². The van der Waals surface area contributed by atoms with Gasteiger partial charge >= 0.3 is 12.1 Å². The second-order valence-electron chi connectivity index (χ2n) is 3.51. The highest BCUT2D eigenvalue weighted by atomic mass is 35.5. The van der Waals surface area contributed by atoms with E-state index in [2.05, 4.69) is 0 Å². The van der Waals surface area contributed by atoms with E-state index in [1.807, 2.05) is 0 Å². The number of hydrogen-bond donors (Lipinski definition) is 1. The van der Waals surface area contributed by atoms with Crippen LogP contribution in [0.25, 0.3) is 0 Å². The van der Waals surface area contributed by atoms with E-state index < -0.39 is 30.0 Å². The van der Waals surface area contributed by atoms with Gasteiger partial charge in [0.15, 0.2) is 0 Å². The molecule has 0 aromatic heterocycles. The van der Waals surface area contributed by atoms with Crippen LogP contribution in [0, 0.1) is 11.3 Å². The van der Waals surface area contributed by atoms with E-state index in [4.69, 9.17) is 22.0 Å². The van der Waals surface area contributed by atoms with Crippen molar-refractivity contribution in [1.29, 1.82) is 5.26 Å². The van der Waals surface area contributed by atoms with Gasteiger partial charge in [0.05, 0.1) is 24.0 Å². The van der Waals surface area contributed by atoms with Crippen molar-refractivity contribution in [3.63, 3.8) is 0 Å². The van der Waals surface area contributed by atoms with Gasteiger partial charge in [-0.3, -0.25) is 4.79 Å². The van der Waals surface area contributed by atoms with Crippen LogP contribution in [-0.4, -0.2) is 11.1 Å². The molecule has 0 heterocycles. The summed E-state index contributed by atoms with van der Waals surface area (Å²) in [6.07, 6.45) is -5.17. The second kappa shape index (κ2) is 5.27. The van der Waals surface area contributed by atoms with Crippen molar-refractivity contribution in [2.75, 3.05) is 0 Å². The first kappa shape index (κ1) is 14.3. The fraction of sp³-hybridized carbons (Fsp3) is 0.273. The van der Waals surface area contributed by atoms with E-state index >= 15 is 0 Å². The average molecular weight is 278 g/mol. The summed E-state index contributed by atoms with van der Waals surface area (Å²) in [7, 11) is 0. The van der Waals surface area contributed by atoms with E-state index in [9.17, 15) is 18.0 Å². The van der Waals surface area contributed by atoms with E-state index in [1.165, 1.54) is 0 Å². The fourth-order valence-corrected chi connectivity index (χ4v) is 1.64. The molecule has 0 amide bonds. The maximum absolute atomic E-state index is 12.5. The van der Waals surface area contributed by atoms with Gasteiger partial charge in [-0.15, -0.1) is 0 Å². The third kappa shape index (κ3) is 3.37. The van der Waals surface area contributed by atoms with Crippen LogP contribution in [0.1, 0.15) is 23.5 Å². The van der Waals surface area contributed by atoms with Crippen molar-refractivity contribution in [2.24, 2.45) is 0 Å². The van der Waals surface area contributed by atoms with Crippen LogP contribution in [0.2, 0.25) is 5.02 Å². The molecule has 1 unspecified atom stereocenters. The van der Waals surface area contributed by atoms with Crippen molar-refractivity contribution in [1.82, 2.24) is 0 Å². The summed E-state index contributed by atoms with van der Waals surface area (Å²) in [6, 6.07) is 4.13. The van der Waals surface area contributed by atoms with Crippen molar-refractivity contribution in [3.8, 4) is 6.07 Å². The molecule has 1 aromatic rings. The number of nitrogens with zero attached hydrogens (tertiary/aromatic N) is 1. The maximum Gasteiger partial charge on any atom is 0.416 e. The molecule has 0 saturated carbocycles. The van der Waals surface area contributed by atoms with Crippen molar-refractivity contribution in [2.45, 2.75) is 18.5 Å². The first-order valence-electron chi connectivity index (χ1n) is 4.73. The Labute approximate surface area is 105 Å². The summed E-state index contributed by atoms with van der Waals surface area (Å²) in [5.41, 5.74) is -1.09.